The van der Waals surface area contributed by atoms with E-state index in [0.717, 1.165) is 0 Å². The minimum absolute atomic E-state index is 0.0303. The number of ether oxygens (including phenoxy) is 1. The average Bonchev–Trinajstić information content (AvgIpc) is 3.22. The molecule has 0 aliphatic carbocycles. The molecular formula is C24H28FN3O4S. The largest absolute Gasteiger partial charge is 0.383 e. The van der Waals surface area contributed by atoms with Crippen LogP contribution in [-0.2, 0) is 26.9 Å². The van der Waals surface area contributed by atoms with Gasteiger partial charge in [0.1, 0.15) is 5.82 Å². The molecule has 2 aromatic carbocycles. The molecule has 0 radical (unpaired) electrons. The maximum Gasteiger partial charge on any atom is 0.254 e. The van der Waals surface area contributed by atoms with Gasteiger partial charge in [-0.1, -0.05) is 30.3 Å². The molecule has 1 heterocycles. The van der Waals surface area contributed by atoms with Crippen LogP contribution in [-0.4, -0.2) is 49.0 Å². The van der Waals surface area contributed by atoms with Crippen molar-refractivity contribution in [3.8, 4) is 0 Å². The smallest absolute Gasteiger partial charge is 0.254 e. The molecule has 0 aliphatic rings. The number of carbonyl (C=O) groups is 1. The van der Waals surface area contributed by atoms with Crippen LogP contribution in [0.25, 0.3) is 0 Å². The fourth-order valence-electron chi connectivity index (χ4n) is 3.56. The molecule has 176 valence electrons. The Kier molecular flexibility index (Phi) is 7.99. The lowest BCUT2D eigenvalue weighted by Crippen LogP contribution is -2.34. The molecular weight excluding hydrogens is 445 g/mol. The van der Waals surface area contributed by atoms with Crippen LogP contribution in [0.1, 0.15) is 41.5 Å². The molecule has 0 saturated carbocycles. The van der Waals surface area contributed by atoms with Gasteiger partial charge in [0.15, 0.2) is 0 Å². The number of amides is 1. The molecule has 0 atom stereocenters. The van der Waals surface area contributed by atoms with Crippen molar-refractivity contribution in [2.24, 2.45) is 0 Å². The predicted molar refractivity (Wildman–Crippen MR) is 123 cm³/mol. The number of imidazole rings is 1. The van der Waals surface area contributed by atoms with Crippen LogP contribution in [0.4, 0.5) is 4.39 Å². The molecule has 33 heavy (non-hydrogen) atoms. The van der Waals surface area contributed by atoms with Gasteiger partial charge in [0.2, 0.25) is 15.0 Å². The van der Waals surface area contributed by atoms with Gasteiger partial charge in [-0.2, -0.15) is 0 Å². The Labute approximate surface area is 193 Å². The molecule has 0 saturated heterocycles. The summed E-state index contributed by atoms with van der Waals surface area (Å²) in [6.07, 6.45) is 1.50. The molecule has 1 amide bonds. The number of carbonyl (C=O) groups excluding carboxylic acids is 1. The van der Waals surface area contributed by atoms with Crippen LogP contribution in [0, 0.1) is 5.82 Å². The number of methoxy groups -OCH3 is 1. The summed E-state index contributed by atoms with van der Waals surface area (Å²) in [5.41, 5.74) is 1.59. The Hall–Kier alpha value is -3.04. The monoisotopic (exact) mass is 473 g/mol. The Morgan fingerprint density at radius 3 is 2.39 bits per heavy atom. The van der Waals surface area contributed by atoms with E-state index < -0.39 is 15.7 Å². The van der Waals surface area contributed by atoms with Crippen molar-refractivity contribution in [2.45, 2.75) is 37.3 Å². The van der Waals surface area contributed by atoms with Crippen molar-refractivity contribution in [1.29, 1.82) is 0 Å². The van der Waals surface area contributed by atoms with Crippen molar-refractivity contribution in [3.05, 3.63) is 83.4 Å². The number of nitrogens with zero attached hydrogens (tertiary/aromatic N) is 3. The van der Waals surface area contributed by atoms with Gasteiger partial charge in [-0.25, -0.2) is 17.8 Å². The molecule has 3 rings (SSSR count). The van der Waals surface area contributed by atoms with Crippen LogP contribution in [0.3, 0.4) is 0 Å². The maximum atomic E-state index is 13.3. The normalized spacial score (nSPS) is 11.7. The molecule has 0 aliphatic heterocycles. The number of aromatic nitrogens is 2. The lowest BCUT2D eigenvalue weighted by atomic mass is 10.2. The predicted octanol–water partition coefficient (Wildman–Crippen LogP) is 3.87. The van der Waals surface area contributed by atoms with E-state index in [1.165, 1.54) is 37.6 Å². The van der Waals surface area contributed by atoms with E-state index in [1.807, 2.05) is 19.9 Å². The van der Waals surface area contributed by atoms with Gasteiger partial charge in [0.25, 0.3) is 5.91 Å². The molecule has 9 heteroatoms. The second kappa shape index (κ2) is 10.7. The summed E-state index contributed by atoms with van der Waals surface area (Å²) in [5.74, 6) is -0.905. The summed E-state index contributed by atoms with van der Waals surface area (Å²) in [6, 6.07) is 14.0. The first-order valence-corrected chi connectivity index (χ1v) is 12.2. The minimum atomic E-state index is -3.72. The number of rotatable bonds is 10. The second-order valence-corrected chi connectivity index (χ2v) is 9.85. The molecule has 0 spiro atoms. The van der Waals surface area contributed by atoms with Gasteiger partial charge in [0, 0.05) is 25.3 Å². The van der Waals surface area contributed by atoms with Gasteiger partial charge in [-0.05, 0) is 43.7 Å². The maximum absolute atomic E-state index is 13.3. The summed E-state index contributed by atoms with van der Waals surface area (Å²) in [4.78, 5) is 18.9. The number of halogens is 1. The van der Waals surface area contributed by atoms with E-state index >= 15 is 0 Å². The van der Waals surface area contributed by atoms with E-state index in [2.05, 4.69) is 4.98 Å². The van der Waals surface area contributed by atoms with E-state index in [1.54, 1.807) is 33.7 Å². The Morgan fingerprint density at radius 1 is 1.12 bits per heavy atom. The van der Waals surface area contributed by atoms with Gasteiger partial charge >= 0.3 is 0 Å². The highest BCUT2D eigenvalue weighted by atomic mass is 32.2. The first-order chi connectivity index (χ1) is 15.7. The SMILES string of the molecule is COCCN(Cc1cnc(S(=O)(=O)Cc2ccccc2)n1C(C)C)C(=O)c1ccc(F)cc1. The van der Waals surface area contributed by atoms with E-state index in [-0.39, 0.29) is 35.9 Å². The van der Waals surface area contributed by atoms with Gasteiger partial charge in [-0.3, -0.25) is 4.79 Å². The van der Waals surface area contributed by atoms with Crippen molar-refractivity contribution in [3.63, 3.8) is 0 Å². The third-order valence-electron chi connectivity index (χ3n) is 5.13. The molecule has 0 fully saturated rings. The van der Waals surface area contributed by atoms with Crippen LogP contribution >= 0.6 is 0 Å². The molecule has 1 aromatic heterocycles. The van der Waals surface area contributed by atoms with Gasteiger partial charge < -0.3 is 14.2 Å². The lowest BCUT2D eigenvalue weighted by Gasteiger charge is -2.24. The second-order valence-electron chi connectivity index (χ2n) is 7.97. The molecule has 7 nitrogen and oxygen atoms in total. The van der Waals surface area contributed by atoms with Crippen LogP contribution < -0.4 is 0 Å². The zero-order valence-electron chi connectivity index (χ0n) is 18.9. The number of hydrogen-bond donors (Lipinski definition) is 0. The third-order valence-corrected chi connectivity index (χ3v) is 6.70. The number of sulfone groups is 1. The molecule has 0 bridgehead atoms. The van der Waals surface area contributed by atoms with Crippen molar-refractivity contribution in [1.82, 2.24) is 14.5 Å². The summed E-state index contributed by atoms with van der Waals surface area (Å²) in [6.45, 7) is 4.44. The molecule has 0 N–H and O–H groups in total. The molecule has 0 unspecified atom stereocenters. The number of benzene rings is 2. The number of hydrogen-bond acceptors (Lipinski definition) is 5. The topological polar surface area (TPSA) is 81.5 Å². The fourth-order valence-corrected chi connectivity index (χ4v) is 5.16. The van der Waals surface area contributed by atoms with E-state index in [4.69, 9.17) is 4.74 Å². The fraction of sp³-hybridized carbons (Fsp3) is 0.333. The highest BCUT2D eigenvalue weighted by Crippen LogP contribution is 2.23. The van der Waals surface area contributed by atoms with Crippen molar-refractivity contribution >= 4 is 15.7 Å². The van der Waals surface area contributed by atoms with Crippen LogP contribution in [0.5, 0.6) is 0 Å². The van der Waals surface area contributed by atoms with Crippen molar-refractivity contribution in [2.75, 3.05) is 20.3 Å². The average molecular weight is 474 g/mol. The Morgan fingerprint density at radius 2 is 1.79 bits per heavy atom. The van der Waals surface area contributed by atoms with E-state index in [0.29, 0.717) is 23.4 Å². The first-order valence-electron chi connectivity index (χ1n) is 10.6. The van der Waals surface area contributed by atoms with Gasteiger partial charge in [-0.15, -0.1) is 0 Å². The Balaban J connectivity index is 1.93. The highest BCUT2D eigenvalue weighted by molar-refractivity contribution is 7.90. The third kappa shape index (κ3) is 6.06. The van der Waals surface area contributed by atoms with Crippen LogP contribution in [0.2, 0.25) is 0 Å². The first kappa shape index (κ1) is 24.6. The van der Waals surface area contributed by atoms with Crippen molar-refractivity contribution < 1.29 is 22.3 Å². The summed E-state index contributed by atoms with van der Waals surface area (Å²) in [7, 11) is -2.18. The molecule has 3 aromatic rings. The summed E-state index contributed by atoms with van der Waals surface area (Å²) in [5, 5.41) is -0.0303. The highest BCUT2D eigenvalue weighted by Gasteiger charge is 2.27. The zero-order valence-corrected chi connectivity index (χ0v) is 19.8. The summed E-state index contributed by atoms with van der Waals surface area (Å²) < 4.78 is 46.4. The Bertz CT molecular complexity index is 1180. The minimum Gasteiger partial charge on any atom is -0.383 e. The quantitative estimate of drug-likeness (QED) is 0.447. The zero-order chi connectivity index (χ0) is 24.0. The summed E-state index contributed by atoms with van der Waals surface area (Å²) >= 11 is 0. The standard InChI is InChI=1S/C24H28FN3O4S/c1-18(2)28-22(15-26-24(28)33(30,31)17-19-7-5-4-6-8-19)16-27(13-14-32-3)23(29)20-9-11-21(25)12-10-20/h4-12,15,18H,13-14,16-17H2,1-3H3. The van der Waals surface area contributed by atoms with Crippen LogP contribution in [0.15, 0.2) is 66.0 Å². The van der Waals surface area contributed by atoms with Gasteiger partial charge in [0.05, 0.1) is 30.8 Å². The lowest BCUT2D eigenvalue weighted by molar-refractivity contribution is 0.0674. The van der Waals surface area contributed by atoms with E-state index in [9.17, 15) is 17.6 Å².